The molecule has 9 heteroatoms. The van der Waals surface area contributed by atoms with E-state index in [1.807, 2.05) is 41.1 Å². The maximum atomic E-state index is 13.7. The van der Waals surface area contributed by atoms with Crippen molar-refractivity contribution in [3.8, 4) is 5.69 Å². The fraction of sp³-hybridized carbons (Fsp3) is 0.360. The largest absolute Gasteiger partial charge is 0.310 e. The van der Waals surface area contributed by atoms with Gasteiger partial charge in [-0.2, -0.15) is 5.10 Å². The summed E-state index contributed by atoms with van der Waals surface area (Å²) in [5, 5.41) is 10.8. The third-order valence-corrected chi connectivity index (χ3v) is 8.41. The van der Waals surface area contributed by atoms with E-state index in [0.29, 0.717) is 17.1 Å². The summed E-state index contributed by atoms with van der Waals surface area (Å²) in [6.07, 6.45) is 8.58. The molecule has 3 aromatic heterocycles. The number of aromatic nitrogens is 4. The molecular formula is C25H25N5O2S2. The van der Waals surface area contributed by atoms with Crippen LogP contribution in [0.15, 0.2) is 57.9 Å². The Hall–Kier alpha value is -2.91. The molecular weight excluding hydrogens is 466 g/mol. The van der Waals surface area contributed by atoms with Crippen molar-refractivity contribution < 1.29 is 4.79 Å². The highest BCUT2D eigenvalue weighted by Crippen LogP contribution is 2.44. The average molecular weight is 492 g/mol. The Morgan fingerprint density at radius 2 is 1.91 bits per heavy atom. The van der Waals surface area contributed by atoms with Gasteiger partial charge in [-0.25, -0.2) is 9.67 Å². The first-order valence-corrected chi connectivity index (χ1v) is 13.6. The van der Waals surface area contributed by atoms with Crippen molar-refractivity contribution in [3.63, 3.8) is 0 Å². The van der Waals surface area contributed by atoms with Gasteiger partial charge in [0.1, 0.15) is 10.6 Å². The normalized spacial score (nSPS) is 16.4. The number of benzene rings is 1. The first-order chi connectivity index (χ1) is 16.7. The maximum Gasteiger partial charge on any atom is 0.267 e. The Morgan fingerprint density at radius 3 is 2.68 bits per heavy atom. The van der Waals surface area contributed by atoms with Gasteiger partial charge < -0.3 is 5.32 Å². The molecule has 2 aliphatic rings. The SMILES string of the molecule is O=C(CSc1nc2scc(C3CC3)c2c(=O)n1-c1ccccc1)Nc1ccnn1C1CCCC1. The van der Waals surface area contributed by atoms with Crippen molar-refractivity contribution in [3.05, 3.63) is 63.9 Å². The maximum absolute atomic E-state index is 13.7. The smallest absolute Gasteiger partial charge is 0.267 e. The Bertz CT molecular complexity index is 1400. The highest BCUT2D eigenvalue weighted by atomic mass is 32.2. The number of anilines is 1. The molecule has 7 nitrogen and oxygen atoms in total. The molecule has 0 spiro atoms. The van der Waals surface area contributed by atoms with Crippen molar-refractivity contribution in [2.24, 2.45) is 0 Å². The number of fused-ring (bicyclic) bond motifs is 1. The number of carbonyl (C=O) groups excluding carboxylic acids is 1. The van der Waals surface area contributed by atoms with E-state index < -0.39 is 0 Å². The predicted molar refractivity (Wildman–Crippen MR) is 136 cm³/mol. The quantitative estimate of drug-likeness (QED) is 0.278. The van der Waals surface area contributed by atoms with E-state index >= 15 is 0 Å². The molecule has 2 aliphatic carbocycles. The van der Waals surface area contributed by atoms with E-state index in [4.69, 9.17) is 4.98 Å². The number of para-hydroxylation sites is 1. The molecule has 2 saturated carbocycles. The molecule has 6 rings (SSSR count). The Morgan fingerprint density at radius 1 is 1.12 bits per heavy atom. The van der Waals surface area contributed by atoms with Crippen LogP contribution in [0.3, 0.4) is 0 Å². The molecule has 4 aromatic rings. The van der Waals surface area contributed by atoms with Crippen LogP contribution >= 0.6 is 23.1 Å². The lowest BCUT2D eigenvalue weighted by molar-refractivity contribution is -0.113. The van der Waals surface area contributed by atoms with Gasteiger partial charge in [-0.3, -0.25) is 14.2 Å². The van der Waals surface area contributed by atoms with Gasteiger partial charge in [-0.1, -0.05) is 42.8 Å². The van der Waals surface area contributed by atoms with E-state index in [2.05, 4.69) is 15.8 Å². The van der Waals surface area contributed by atoms with Crippen molar-refractivity contribution in [1.82, 2.24) is 19.3 Å². The summed E-state index contributed by atoms with van der Waals surface area (Å²) in [6, 6.07) is 11.7. The number of rotatable bonds is 7. The second-order valence-electron chi connectivity index (χ2n) is 8.95. The van der Waals surface area contributed by atoms with Crippen LogP contribution < -0.4 is 10.9 Å². The van der Waals surface area contributed by atoms with Crippen LogP contribution in [-0.2, 0) is 4.79 Å². The van der Waals surface area contributed by atoms with E-state index in [-0.39, 0.29) is 17.2 Å². The van der Waals surface area contributed by atoms with Crippen LogP contribution in [0, 0.1) is 0 Å². The van der Waals surface area contributed by atoms with Crippen LogP contribution in [0.5, 0.6) is 0 Å². The lowest BCUT2D eigenvalue weighted by Crippen LogP contribution is -2.23. The second-order valence-corrected chi connectivity index (χ2v) is 10.8. The van der Waals surface area contributed by atoms with Crippen molar-refractivity contribution in [1.29, 1.82) is 0 Å². The number of carbonyl (C=O) groups is 1. The van der Waals surface area contributed by atoms with Crippen LogP contribution in [0.2, 0.25) is 0 Å². The number of thiophene rings is 1. The number of amides is 1. The zero-order valence-corrected chi connectivity index (χ0v) is 20.3. The lowest BCUT2D eigenvalue weighted by Gasteiger charge is -2.15. The van der Waals surface area contributed by atoms with E-state index in [9.17, 15) is 9.59 Å². The molecule has 1 N–H and O–H groups in total. The number of thioether (sulfide) groups is 1. The van der Waals surface area contributed by atoms with Gasteiger partial charge in [-0.15, -0.1) is 11.3 Å². The Kier molecular flexibility index (Phi) is 5.74. The summed E-state index contributed by atoms with van der Waals surface area (Å²) in [7, 11) is 0. The van der Waals surface area contributed by atoms with Crippen molar-refractivity contribution >= 4 is 45.0 Å². The molecule has 0 atom stereocenters. The average Bonchev–Trinajstić information content (AvgIpc) is 3.22. The molecule has 1 amide bonds. The fourth-order valence-corrected chi connectivity index (χ4v) is 6.63. The highest BCUT2D eigenvalue weighted by molar-refractivity contribution is 7.99. The van der Waals surface area contributed by atoms with E-state index in [1.54, 1.807) is 10.8 Å². The van der Waals surface area contributed by atoms with Gasteiger partial charge in [0.05, 0.1) is 29.1 Å². The van der Waals surface area contributed by atoms with Crippen molar-refractivity contribution in [2.45, 2.75) is 55.6 Å². The van der Waals surface area contributed by atoms with Crippen molar-refractivity contribution in [2.75, 3.05) is 11.1 Å². The summed E-state index contributed by atoms with van der Waals surface area (Å²) in [5.41, 5.74) is 1.83. The molecule has 0 radical (unpaired) electrons. The van der Waals surface area contributed by atoms with Gasteiger partial charge >= 0.3 is 0 Å². The molecule has 0 aliphatic heterocycles. The predicted octanol–water partition coefficient (Wildman–Crippen LogP) is 5.37. The number of hydrogen-bond donors (Lipinski definition) is 1. The third-order valence-electron chi connectivity index (χ3n) is 6.58. The van der Waals surface area contributed by atoms with E-state index in [1.165, 1.54) is 35.9 Å². The zero-order valence-electron chi connectivity index (χ0n) is 18.6. The summed E-state index contributed by atoms with van der Waals surface area (Å²) in [6.45, 7) is 0. The molecule has 1 aromatic carbocycles. The molecule has 174 valence electrons. The molecule has 0 unspecified atom stereocenters. The molecule has 3 heterocycles. The van der Waals surface area contributed by atoms with E-state index in [0.717, 1.165) is 53.0 Å². The van der Waals surface area contributed by atoms with Crippen LogP contribution in [0.1, 0.15) is 56.0 Å². The standard InChI is InChI=1S/C25H25N5O2S2/c31-21(27-20-12-13-26-30(20)18-8-4-5-9-18)15-34-25-28-23-22(19(14-33-23)16-10-11-16)24(32)29(25)17-6-2-1-3-7-17/h1-3,6-7,12-14,16,18H,4-5,8-11,15H2,(H,27,31). The summed E-state index contributed by atoms with van der Waals surface area (Å²) >= 11 is 2.81. The number of nitrogens with one attached hydrogen (secondary N) is 1. The minimum absolute atomic E-state index is 0.0541. The van der Waals surface area contributed by atoms with Crippen LogP contribution in [-0.4, -0.2) is 31.0 Å². The second kappa shape index (κ2) is 9.03. The first-order valence-electron chi connectivity index (χ1n) is 11.7. The number of nitrogens with zero attached hydrogens (tertiary/aromatic N) is 4. The zero-order chi connectivity index (χ0) is 23.1. The van der Waals surface area contributed by atoms with Gasteiger partial charge in [0, 0.05) is 6.07 Å². The first kappa shape index (κ1) is 21.6. The molecule has 34 heavy (non-hydrogen) atoms. The fourth-order valence-electron chi connectivity index (χ4n) is 4.75. The molecule has 0 bridgehead atoms. The van der Waals surface area contributed by atoms with Gasteiger partial charge in [-0.05, 0) is 54.7 Å². The minimum Gasteiger partial charge on any atom is -0.310 e. The van der Waals surface area contributed by atoms with Gasteiger partial charge in [0.15, 0.2) is 5.16 Å². The van der Waals surface area contributed by atoms with Crippen LogP contribution in [0.4, 0.5) is 5.82 Å². The Labute approximate surface area is 205 Å². The van der Waals surface area contributed by atoms with Gasteiger partial charge in [0.2, 0.25) is 5.91 Å². The van der Waals surface area contributed by atoms with Crippen LogP contribution in [0.25, 0.3) is 15.9 Å². The summed E-state index contributed by atoms with van der Waals surface area (Å²) in [4.78, 5) is 32.1. The number of hydrogen-bond acceptors (Lipinski definition) is 6. The monoisotopic (exact) mass is 491 g/mol. The highest BCUT2D eigenvalue weighted by Gasteiger charge is 2.29. The molecule has 0 saturated heterocycles. The summed E-state index contributed by atoms with van der Waals surface area (Å²) in [5.74, 6) is 1.22. The topological polar surface area (TPSA) is 81.8 Å². The minimum atomic E-state index is -0.136. The Balaban J connectivity index is 1.28. The lowest BCUT2D eigenvalue weighted by atomic mass is 10.1. The molecule has 2 fully saturated rings. The third kappa shape index (κ3) is 4.07. The van der Waals surface area contributed by atoms with Gasteiger partial charge in [0.25, 0.3) is 5.56 Å². The summed E-state index contributed by atoms with van der Waals surface area (Å²) < 4.78 is 3.59.